The van der Waals surface area contributed by atoms with Crippen LogP contribution in [-0.2, 0) is 0 Å². The van der Waals surface area contributed by atoms with E-state index in [1.165, 1.54) is 18.0 Å². The Balaban J connectivity index is 2.24. The first-order valence-electron chi connectivity index (χ1n) is 4.74. The van der Waals surface area contributed by atoms with E-state index in [0.29, 0.717) is 11.0 Å². The Morgan fingerprint density at radius 3 is 2.87 bits per heavy atom. The van der Waals surface area contributed by atoms with Gasteiger partial charge in [0.25, 0.3) is 0 Å². The summed E-state index contributed by atoms with van der Waals surface area (Å²) in [5.41, 5.74) is 0. The Morgan fingerprint density at radius 1 is 1.47 bits per heavy atom. The van der Waals surface area contributed by atoms with E-state index in [4.69, 9.17) is 0 Å². The molecule has 4 nitrogen and oxygen atoms in total. The molecule has 0 unspecified atom stereocenters. The fourth-order valence-corrected chi connectivity index (χ4v) is 2.70. The highest BCUT2D eigenvalue weighted by molar-refractivity contribution is 7.99. The quantitative estimate of drug-likeness (QED) is 0.627. The lowest BCUT2D eigenvalue weighted by Gasteiger charge is -2.27. The number of thioether (sulfide) groups is 2. The minimum absolute atomic E-state index is 0.180. The van der Waals surface area contributed by atoms with Crippen LogP contribution in [0.4, 0.5) is 5.82 Å². The van der Waals surface area contributed by atoms with E-state index in [9.17, 15) is 5.11 Å². The molecule has 2 heterocycles. The van der Waals surface area contributed by atoms with Gasteiger partial charge in [-0.3, -0.25) is 0 Å². The first-order chi connectivity index (χ1) is 7.31. The zero-order chi connectivity index (χ0) is 10.7. The molecule has 0 spiro atoms. The molecule has 1 fully saturated rings. The average Bonchev–Trinajstić information content (AvgIpc) is 2.31. The van der Waals surface area contributed by atoms with Gasteiger partial charge in [0.2, 0.25) is 0 Å². The van der Waals surface area contributed by atoms with Crippen LogP contribution in [0.3, 0.4) is 0 Å². The van der Waals surface area contributed by atoms with Crippen molar-refractivity contribution in [1.82, 2.24) is 9.97 Å². The SMILES string of the molecule is CSc1ncc(O)c(N2CCSCC2)n1. The number of aromatic hydroxyl groups is 1. The van der Waals surface area contributed by atoms with E-state index in [1.807, 2.05) is 18.0 Å². The Labute approximate surface area is 97.5 Å². The van der Waals surface area contributed by atoms with Crippen LogP contribution < -0.4 is 4.90 Å². The summed E-state index contributed by atoms with van der Waals surface area (Å²) < 4.78 is 0. The van der Waals surface area contributed by atoms with Crippen molar-refractivity contribution in [1.29, 1.82) is 0 Å². The maximum atomic E-state index is 9.70. The zero-order valence-corrected chi connectivity index (χ0v) is 10.1. The molecule has 0 amide bonds. The van der Waals surface area contributed by atoms with Crippen LogP contribution in [0, 0.1) is 0 Å². The lowest BCUT2D eigenvalue weighted by molar-refractivity contribution is 0.466. The molecule has 2 rings (SSSR count). The lowest BCUT2D eigenvalue weighted by atomic mass is 10.4. The van der Waals surface area contributed by atoms with Gasteiger partial charge in [0.15, 0.2) is 16.7 Å². The maximum Gasteiger partial charge on any atom is 0.189 e. The van der Waals surface area contributed by atoms with Crippen LogP contribution >= 0.6 is 23.5 Å². The second kappa shape index (κ2) is 4.94. The van der Waals surface area contributed by atoms with Crippen molar-refractivity contribution < 1.29 is 5.11 Å². The molecule has 0 radical (unpaired) electrons. The normalized spacial score (nSPS) is 16.7. The van der Waals surface area contributed by atoms with Gasteiger partial charge in [-0.15, -0.1) is 0 Å². The second-order valence-corrected chi connectivity index (χ2v) is 5.16. The van der Waals surface area contributed by atoms with E-state index in [2.05, 4.69) is 14.9 Å². The van der Waals surface area contributed by atoms with E-state index in [0.717, 1.165) is 24.6 Å². The summed E-state index contributed by atoms with van der Waals surface area (Å²) in [5, 5.41) is 10.4. The Bertz CT molecular complexity index is 342. The molecule has 15 heavy (non-hydrogen) atoms. The molecule has 1 aromatic rings. The standard InChI is InChI=1S/C9H13N3OS2/c1-14-9-10-6-7(13)8(11-9)12-2-4-15-5-3-12/h6,13H,2-5H2,1H3. The van der Waals surface area contributed by atoms with Gasteiger partial charge in [0.05, 0.1) is 6.20 Å². The highest BCUT2D eigenvalue weighted by Gasteiger charge is 2.16. The molecule has 1 aliphatic heterocycles. The van der Waals surface area contributed by atoms with Gasteiger partial charge >= 0.3 is 0 Å². The summed E-state index contributed by atoms with van der Waals surface area (Å²) in [7, 11) is 0. The number of nitrogens with zero attached hydrogens (tertiary/aromatic N) is 3. The predicted octanol–water partition coefficient (Wildman–Crippen LogP) is 1.46. The molecule has 0 aromatic carbocycles. The Hall–Kier alpha value is -0.620. The third-order valence-electron chi connectivity index (χ3n) is 2.22. The highest BCUT2D eigenvalue weighted by Crippen LogP contribution is 2.27. The molecule has 0 saturated carbocycles. The summed E-state index contributed by atoms with van der Waals surface area (Å²) >= 11 is 3.43. The summed E-state index contributed by atoms with van der Waals surface area (Å²) in [6, 6.07) is 0. The van der Waals surface area contributed by atoms with Gasteiger partial charge in [-0.05, 0) is 6.26 Å². The van der Waals surface area contributed by atoms with Crippen molar-refractivity contribution in [3.63, 3.8) is 0 Å². The third kappa shape index (κ3) is 2.49. The summed E-state index contributed by atoms with van der Waals surface area (Å²) in [6.45, 7) is 1.89. The van der Waals surface area contributed by atoms with E-state index >= 15 is 0 Å². The lowest BCUT2D eigenvalue weighted by Crippen LogP contribution is -2.33. The molecular weight excluding hydrogens is 230 g/mol. The van der Waals surface area contributed by atoms with Gasteiger partial charge < -0.3 is 10.0 Å². The monoisotopic (exact) mass is 243 g/mol. The van der Waals surface area contributed by atoms with Gasteiger partial charge in [-0.1, -0.05) is 11.8 Å². The summed E-state index contributed by atoms with van der Waals surface area (Å²) in [4.78, 5) is 10.5. The molecule has 0 bridgehead atoms. The van der Waals surface area contributed by atoms with E-state index < -0.39 is 0 Å². The molecule has 1 saturated heterocycles. The molecule has 1 aliphatic rings. The van der Waals surface area contributed by atoms with Crippen molar-refractivity contribution in [2.75, 3.05) is 35.8 Å². The van der Waals surface area contributed by atoms with Crippen molar-refractivity contribution in [2.24, 2.45) is 0 Å². The van der Waals surface area contributed by atoms with Gasteiger partial charge in [-0.2, -0.15) is 11.8 Å². The van der Waals surface area contributed by atoms with E-state index in [-0.39, 0.29) is 5.75 Å². The maximum absolute atomic E-state index is 9.70. The molecule has 1 N–H and O–H groups in total. The van der Waals surface area contributed by atoms with Crippen LogP contribution in [0.2, 0.25) is 0 Å². The Kier molecular flexibility index (Phi) is 3.58. The number of hydrogen-bond acceptors (Lipinski definition) is 6. The minimum Gasteiger partial charge on any atom is -0.503 e. The smallest absolute Gasteiger partial charge is 0.189 e. The highest BCUT2D eigenvalue weighted by atomic mass is 32.2. The van der Waals surface area contributed by atoms with Crippen molar-refractivity contribution in [3.05, 3.63) is 6.20 Å². The summed E-state index contributed by atoms with van der Waals surface area (Å²) in [6.07, 6.45) is 3.41. The molecular formula is C9H13N3OS2. The Morgan fingerprint density at radius 2 is 2.20 bits per heavy atom. The number of hydrogen-bond donors (Lipinski definition) is 1. The van der Waals surface area contributed by atoms with Crippen molar-refractivity contribution in [2.45, 2.75) is 5.16 Å². The number of aromatic nitrogens is 2. The zero-order valence-electron chi connectivity index (χ0n) is 8.51. The van der Waals surface area contributed by atoms with Crippen LogP contribution in [0.5, 0.6) is 5.75 Å². The van der Waals surface area contributed by atoms with Crippen LogP contribution in [0.25, 0.3) is 0 Å². The average molecular weight is 243 g/mol. The summed E-state index contributed by atoms with van der Waals surface area (Å²) in [5.74, 6) is 3.05. The fraction of sp³-hybridized carbons (Fsp3) is 0.556. The van der Waals surface area contributed by atoms with E-state index in [1.54, 1.807) is 0 Å². The molecule has 82 valence electrons. The largest absolute Gasteiger partial charge is 0.503 e. The minimum atomic E-state index is 0.180. The van der Waals surface area contributed by atoms with Crippen molar-refractivity contribution in [3.8, 4) is 5.75 Å². The first kappa shape index (κ1) is 10.9. The first-order valence-corrected chi connectivity index (χ1v) is 7.12. The topological polar surface area (TPSA) is 49.3 Å². The van der Waals surface area contributed by atoms with Gasteiger partial charge in [0.1, 0.15) is 0 Å². The van der Waals surface area contributed by atoms with Gasteiger partial charge in [0, 0.05) is 24.6 Å². The molecule has 0 aliphatic carbocycles. The predicted molar refractivity (Wildman–Crippen MR) is 65.0 cm³/mol. The van der Waals surface area contributed by atoms with Crippen LogP contribution in [0.1, 0.15) is 0 Å². The van der Waals surface area contributed by atoms with Gasteiger partial charge in [-0.25, -0.2) is 9.97 Å². The fourth-order valence-electron chi connectivity index (χ4n) is 1.46. The second-order valence-electron chi connectivity index (χ2n) is 3.16. The number of rotatable bonds is 2. The van der Waals surface area contributed by atoms with Crippen LogP contribution in [0.15, 0.2) is 11.4 Å². The third-order valence-corrected chi connectivity index (χ3v) is 3.73. The van der Waals surface area contributed by atoms with Crippen molar-refractivity contribution >= 4 is 29.3 Å². The molecule has 6 heteroatoms. The van der Waals surface area contributed by atoms with Crippen LogP contribution in [-0.4, -0.2) is 45.9 Å². The number of anilines is 1. The molecule has 0 atom stereocenters. The molecule has 1 aromatic heterocycles.